The van der Waals surface area contributed by atoms with Crippen molar-refractivity contribution < 1.29 is 4.42 Å². The number of fused-ring (bicyclic) bond motifs is 10. The molecule has 9 aromatic carbocycles. The summed E-state index contributed by atoms with van der Waals surface area (Å²) >= 11 is 0. The van der Waals surface area contributed by atoms with Gasteiger partial charge < -0.3 is 4.42 Å². The Morgan fingerprint density at radius 3 is 1.51 bits per heavy atom. The van der Waals surface area contributed by atoms with Crippen LogP contribution in [0.1, 0.15) is 0 Å². The molecule has 10 aromatic rings. The minimum atomic E-state index is 0.920. The van der Waals surface area contributed by atoms with E-state index in [-0.39, 0.29) is 0 Å². The van der Waals surface area contributed by atoms with Crippen molar-refractivity contribution in [2.24, 2.45) is 0 Å². The Labute approximate surface area is 259 Å². The molecule has 0 aliphatic rings. The first kappa shape index (κ1) is 24.5. The molecule has 0 aliphatic carbocycles. The summed E-state index contributed by atoms with van der Waals surface area (Å²) in [5.41, 5.74) is 6.82. The van der Waals surface area contributed by atoms with Crippen molar-refractivity contribution in [3.05, 3.63) is 158 Å². The molecule has 0 aliphatic heterocycles. The monoisotopic (exact) mass is 570 g/mol. The summed E-state index contributed by atoms with van der Waals surface area (Å²) < 4.78 is 6.52. The lowest BCUT2D eigenvalue weighted by molar-refractivity contribution is 0.669. The van der Waals surface area contributed by atoms with E-state index >= 15 is 0 Å². The van der Waals surface area contributed by atoms with E-state index in [0.717, 1.165) is 16.6 Å². The molecule has 0 saturated heterocycles. The highest BCUT2D eigenvalue weighted by Gasteiger charge is 2.21. The zero-order chi connectivity index (χ0) is 29.5. The third-order valence-electron chi connectivity index (χ3n) is 9.64. The fraction of sp³-hybridized carbons (Fsp3) is 0. The van der Waals surface area contributed by atoms with E-state index in [9.17, 15) is 0 Å². The van der Waals surface area contributed by atoms with Gasteiger partial charge in [-0.15, -0.1) is 0 Å². The second-order valence-corrected chi connectivity index (χ2v) is 12.0. The quantitative estimate of drug-likeness (QED) is 0.149. The Bertz CT molecular complexity index is 2760. The van der Waals surface area contributed by atoms with Crippen LogP contribution in [-0.2, 0) is 0 Å². The Hall–Kier alpha value is -5.92. The van der Waals surface area contributed by atoms with Crippen LogP contribution in [0.5, 0.6) is 0 Å². The summed E-state index contributed by atoms with van der Waals surface area (Å²) in [7, 11) is 0. The van der Waals surface area contributed by atoms with E-state index in [0.29, 0.717) is 0 Å². The zero-order valence-corrected chi connectivity index (χ0v) is 24.4. The predicted octanol–water partition coefficient (Wildman–Crippen LogP) is 12.7. The van der Waals surface area contributed by atoms with Crippen molar-refractivity contribution in [2.45, 2.75) is 0 Å². The van der Waals surface area contributed by atoms with Crippen LogP contribution in [0.25, 0.3) is 98.1 Å². The molecule has 0 bridgehead atoms. The second-order valence-electron chi connectivity index (χ2n) is 12.0. The molecule has 0 unspecified atom stereocenters. The maximum absolute atomic E-state index is 6.52. The fourth-order valence-corrected chi connectivity index (χ4v) is 7.76. The van der Waals surface area contributed by atoms with Gasteiger partial charge in [-0.25, -0.2) is 0 Å². The van der Waals surface area contributed by atoms with E-state index in [1.165, 1.54) is 81.5 Å². The summed E-state index contributed by atoms with van der Waals surface area (Å²) in [6.07, 6.45) is 0. The molecule has 0 saturated carbocycles. The summed E-state index contributed by atoms with van der Waals surface area (Å²) in [6, 6.07) is 57.3. The first-order valence-electron chi connectivity index (χ1n) is 15.5. The number of hydrogen-bond acceptors (Lipinski definition) is 1. The maximum Gasteiger partial charge on any atom is 0.136 e. The third-order valence-corrected chi connectivity index (χ3v) is 9.64. The summed E-state index contributed by atoms with van der Waals surface area (Å²) in [6.45, 7) is 0. The van der Waals surface area contributed by atoms with Crippen LogP contribution < -0.4 is 0 Å². The van der Waals surface area contributed by atoms with Crippen LogP contribution >= 0.6 is 0 Å². The molecule has 1 heterocycles. The van der Waals surface area contributed by atoms with Gasteiger partial charge in [-0.1, -0.05) is 146 Å². The van der Waals surface area contributed by atoms with Gasteiger partial charge in [-0.2, -0.15) is 0 Å². The van der Waals surface area contributed by atoms with Crippen molar-refractivity contribution in [3.63, 3.8) is 0 Å². The molecular weight excluding hydrogens is 544 g/mol. The average molecular weight is 571 g/mol. The Morgan fingerprint density at radius 1 is 0.289 bits per heavy atom. The smallest absolute Gasteiger partial charge is 0.136 e. The maximum atomic E-state index is 6.52. The minimum absolute atomic E-state index is 0.920. The number of rotatable bonds is 2. The molecule has 0 N–H and O–H groups in total. The van der Waals surface area contributed by atoms with Crippen molar-refractivity contribution >= 4 is 75.8 Å². The summed E-state index contributed by atoms with van der Waals surface area (Å²) in [5.74, 6) is 0. The molecule has 45 heavy (non-hydrogen) atoms. The van der Waals surface area contributed by atoms with Crippen LogP contribution in [0.15, 0.2) is 162 Å². The van der Waals surface area contributed by atoms with Crippen molar-refractivity contribution in [1.29, 1.82) is 0 Å². The van der Waals surface area contributed by atoms with E-state index in [2.05, 4.69) is 152 Å². The average Bonchev–Trinajstić information content (AvgIpc) is 3.49. The Kier molecular flexibility index (Phi) is 5.06. The molecule has 0 radical (unpaired) electrons. The van der Waals surface area contributed by atoms with Crippen LogP contribution in [0, 0.1) is 0 Å². The zero-order valence-electron chi connectivity index (χ0n) is 24.4. The largest absolute Gasteiger partial charge is 0.456 e. The SMILES string of the molecule is c1ccc2c(c1)ccc1c(-c3c4ccccc4c(-c4cc5oc6ccccc6c5c5ccccc45)c4ccccc34)cccc12. The van der Waals surface area contributed by atoms with E-state index in [1.54, 1.807) is 0 Å². The number of furan rings is 1. The molecule has 10 rings (SSSR count). The molecule has 1 heteroatoms. The summed E-state index contributed by atoms with van der Waals surface area (Å²) in [4.78, 5) is 0. The molecule has 0 spiro atoms. The Balaban J connectivity index is 1.37. The lowest BCUT2D eigenvalue weighted by Gasteiger charge is -2.20. The van der Waals surface area contributed by atoms with Gasteiger partial charge in [0.15, 0.2) is 0 Å². The highest BCUT2D eigenvalue weighted by atomic mass is 16.3. The van der Waals surface area contributed by atoms with Gasteiger partial charge in [0.1, 0.15) is 11.2 Å². The van der Waals surface area contributed by atoms with Crippen LogP contribution in [0.4, 0.5) is 0 Å². The normalized spacial score (nSPS) is 12.0. The molecule has 1 nitrogen and oxygen atoms in total. The highest BCUT2D eigenvalue weighted by Crippen LogP contribution is 2.48. The number of para-hydroxylation sites is 1. The molecule has 0 atom stereocenters. The Morgan fingerprint density at radius 2 is 0.800 bits per heavy atom. The van der Waals surface area contributed by atoms with Gasteiger partial charge in [-0.05, 0) is 88.2 Å². The van der Waals surface area contributed by atoms with Crippen molar-refractivity contribution in [1.82, 2.24) is 0 Å². The van der Waals surface area contributed by atoms with Crippen molar-refractivity contribution in [2.75, 3.05) is 0 Å². The van der Waals surface area contributed by atoms with Crippen molar-refractivity contribution in [3.8, 4) is 22.3 Å². The predicted molar refractivity (Wildman–Crippen MR) is 192 cm³/mol. The number of benzene rings is 9. The second kappa shape index (κ2) is 9.29. The molecule has 0 fully saturated rings. The van der Waals surface area contributed by atoms with Gasteiger partial charge in [-0.3, -0.25) is 0 Å². The standard InChI is InChI=1S/C44H26O/c1-2-13-28-27(12-1)24-25-31-29(28)21-11-22-32(31)42-34-16-5-7-18-36(34)43(37-19-8-6-17-35(37)42)39-26-41-44(33-15-4-3-14-30(33)39)38-20-9-10-23-40(38)45-41/h1-26H. The molecular formula is C44H26O. The lowest BCUT2D eigenvalue weighted by atomic mass is 9.83. The van der Waals surface area contributed by atoms with E-state index < -0.39 is 0 Å². The van der Waals surface area contributed by atoms with Crippen LogP contribution in [0.3, 0.4) is 0 Å². The number of hydrogen-bond donors (Lipinski definition) is 0. The van der Waals surface area contributed by atoms with Crippen LogP contribution in [-0.4, -0.2) is 0 Å². The summed E-state index contributed by atoms with van der Waals surface area (Å²) in [5, 5.41) is 14.9. The van der Waals surface area contributed by atoms with Gasteiger partial charge >= 0.3 is 0 Å². The van der Waals surface area contributed by atoms with Crippen LogP contribution in [0.2, 0.25) is 0 Å². The first-order valence-corrected chi connectivity index (χ1v) is 15.5. The van der Waals surface area contributed by atoms with Gasteiger partial charge in [0.2, 0.25) is 0 Å². The molecule has 208 valence electrons. The van der Waals surface area contributed by atoms with Gasteiger partial charge in [0.25, 0.3) is 0 Å². The minimum Gasteiger partial charge on any atom is -0.456 e. The van der Waals surface area contributed by atoms with Gasteiger partial charge in [0.05, 0.1) is 0 Å². The molecule has 0 amide bonds. The lowest BCUT2D eigenvalue weighted by Crippen LogP contribution is -1.92. The fourth-order valence-electron chi connectivity index (χ4n) is 7.76. The highest BCUT2D eigenvalue weighted by molar-refractivity contribution is 6.29. The van der Waals surface area contributed by atoms with E-state index in [4.69, 9.17) is 4.42 Å². The molecule has 1 aromatic heterocycles. The first-order chi connectivity index (χ1) is 22.3. The van der Waals surface area contributed by atoms with Gasteiger partial charge in [0, 0.05) is 10.8 Å². The van der Waals surface area contributed by atoms with E-state index in [1.807, 2.05) is 6.07 Å². The topological polar surface area (TPSA) is 13.1 Å². The third kappa shape index (κ3) is 3.44.